The lowest BCUT2D eigenvalue weighted by atomic mass is 9.89. The molecule has 1 aromatic rings. The van der Waals surface area contributed by atoms with Crippen LogP contribution in [0.5, 0.6) is 5.75 Å². The summed E-state index contributed by atoms with van der Waals surface area (Å²) in [4.78, 5) is 0. The second-order valence-electron chi connectivity index (χ2n) is 3.65. The van der Waals surface area contributed by atoms with E-state index >= 15 is 0 Å². The van der Waals surface area contributed by atoms with Crippen LogP contribution in [0.4, 0.5) is 0 Å². The fourth-order valence-electron chi connectivity index (χ4n) is 1.99. The highest BCUT2D eigenvalue weighted by atomic mass is 16.3. The van der Waals surface area contributed by atoms with Crippen LogP contribution < -0.4 is 5.73 Å². The van der Waals surface area contributed by atoms with Gasteiger partial charge in [-0.15, -0.1) is 0 Å². The van der Waals surface area contributed by atoms with E-state index in [2.05, 4.69) is 6.08 Å². The van der Waals surface area contributed by atoms with Crippen molar-refractivity contribution < 1.29 is 5.11 Å². The molecule has 0 bridgehead atoms. The van der Waals surface area contributed by atoms with Crippen LogP contribution in [0, 0.1) is 0 Å². The average molecular weight is 189 g/mol. The summed E-state index contributed by atoms with van der Waals surface area (Å²) in [6.45, 7) is 0.668. The number of aromatic hydroxyl groups is 1. The Morgan fingerprint density at radius 2 is 2.21 bits per heavy atom. The van der Waals surface area contributed by atoms with Crippen LogP contribution in [0.3, 0.4) is 0 Å². The van der Waals surface area contributed by atoms with Crippen molar-refractivity contribution in [2.75, 3.05) is 6.54 Å². The molecule has 0 saturated carbocycles. The molecule has 2 heteroatoms. The Balaban J connectivity index is 2.40. The molecule has 2 rings (SSSR count). The van der Waals surface area contributed by atoms with E-state index in [0.29, 0.717) is 12.3 Å². The zero-order valence-corrected chi connectivity index (χ0v) is 8.16. The van der Waals surface area contributed by atoms with Crippen molar-refractivity contribution in [1.82, 2.24) is 0 Å². The van der Waals surface area contributed by atoms with Crippen molar-refractivity contribution >= 4 is 5.57 Å². The lowest BCUT2D eigenvalue weighted by Gasteiger charge is -2.17. The quantitative estimate of drug-likeness (QED) is 0.748. The minimum atomic E-state index is 0.341. The topological polar surface area (TPSA) is 46.2 Å². The molecule has 1 aliphatic carbocycles. The van der Waals surface area contributed by atoms with Gasteiger partial charge in [0.1, 0.15) is 5.75 Å². The number of phenolic OH excluding ortho intramolecular Hbond substituents is 1. The summed E-state index contributed by atoms with van der Waals surface area (Å²) in [7, 11) is 0. The fraction of sp³-hybridized carbons (Fsp3) is 0.333. The lowest BCUT2D eigenvalue weighted by molar-refractivity contribution is 0.475. The minimum absolute atomic E-state index is 0.341. The third kappa shape index (κ3) is 1.66. The zero-order valence-electron chi connectivity index (χ0n) is 8.16. The van der Waals surface area contributed by atoms with Gasteiger partial charge in [0.05, 0.1) is 0 Å². The Kier molecular flexibility index (Phi) is 2.55. The number of aryl methyl sites for hydroxylation is 1. The first-order chi connectivity index (χ1) is 6.81. The van der Waals surface area contributed by atoms with Gasteiger partial charge in [0.25, 0.3) is 0 Å². The smallest absolute Gasteiger partial charge is 0.116 e. The third-order valence-corrected chi connectivity index (χ3v) is 2.66. The molecule has 0 radical (unpaired) electrons. The molecule has 74 valence electrons. The van der Waals surface area contributed by atoms with Crippen molar-refractivity contribution in [2.45, 2.75) is 19.3 Å². The van der Waals surface area contributed by atoms with Crippen LogP contribution in [0.25, 0.3) is 5.57 Å². The van der Waals surface area contributed by atoms with E-state index in [1.807, 2.05) is 12.1 Å². The number of nitrogens with two attached hydrogens (primary N) is 1. The zero-order chi connectivity index (χ0) is 9.97. The number of fused-ring (bicyclic) bond motifs is 1. The van der Waals surface area contributed by atoms with Gasteiger partial charge in [-0.2, -0.15) is 0 Å². The molecular weight excluding hydrogens is 174 g/mol. The first-order valence-corrected chi connectivity index (χ1v) is 5.02. The maximum atomic E-state index is 9.42. The molecule has 0 spiro atoms. The summed E-state index contributed by atoms with van der Waals surface area (Å²) in [5.74, 6) is 0.341. The van der Waals surface area contributed by atoms with Crippen LogP contribution in [0.1, 0.15) is 24.0 Å². The van der Waals surface area contributed by atoms with Gasteiger partial charge in [0, 0.05) is 0 Å². The minimum Gasteiger partial charge on any atom is -0.508 e. The van der Waals surface area contributed by atoms with Gasteiger partial charge in [-0.05, 0) is 54.6 Å². The summed E-state index contributed by atoms with van der Waals surface area (Å²) in [6.07, 6.45) is 5.29. The van der Waals surface area contributed by atoms with Crippen LogP contribution in [-0.4, -0.2) is 11.7 Å². The normalized spacial score (nSPS) is 14.8. The van der Waals surface area contributed by atoms with Gasteiger partial charge in [-0.25, -0.2) is 0 Å². The highest BCUT2D eigenvalue weighted by molar-refractivity contribution is 5.71. The van der Waals surface area contributed by atoms with Gasteiger partial charge in [0.15, 0.2) is 0 Å². The molecule has 0 amide bonds. The Hall–Kier alpha value is -1.28. The van der Waals surface area contributed by atoms with Crippen LogP contribution in [0.2, 0.25) is 0 Å². The van der Waals surface area contributed by atoms with Gasteiger partial charge in [0.2, 0.25) is 0 Å². The van der Waals surface area contributed by atoms with Crippen molar-refractivity contribution in [1.29, 1.82) is 0 Å². The molecule has 0 fully saturated rings. The molecule has 0 saturated heterocycles. The molecule has 0 heterocycles. The molecule has 0 atom stereocenters. The molecule has 3 N–H and O–H groups in total. The first-order valence-electron chi connectivity index (χ1n) is 5.02. The van der Waals surface area contributed by atoms with E-state index in [1.165, 1.54) is 16.7 Å². The summed E-state index contributed by atoms with van der Waals surface area (Å²) >= 11 is 0. The second-order valence-corrected chi connectivity index (χ2v) is 3.65. The Morgan fingerprint density at radius 3 is 3.00 bits per heavy atom. The Labute approximate surface area is 84.1 Å². The highest BCUT2D eigenvalue weighted by Gasteiger charge is 2.11. The predicted octanol–water partition coefficient (Wildman–Crippen LogP) is 2.07. The Bertz CT molecular complexity index is 369. The second kappa shape index (κ2) is 3.84. The van der Waals surface area contributed by atoms with E-state index in [1.54, 1.807) is 6.07 Å². The number of hydrogen-bond acceptors (Lipinski definition) is 2. The predicted molar refractivity (Wildman–Crippen MR) is 58.1 cm³/mol. The van der Waals surface area contributed by atoms with Crippen molar-refractivity contribution in [3.8, 4) is 5.75 Å². The maximum Gasteiger partial charge on any atom is 0.116 e. The molecular formula is C12H15NO. The summed E-state index contributed by atoms with van der Waals surface area (Å²) < 4.78 is 0. The molecule has 0 aliphatic heterocycles. The van der Waals surface area contributed by atoms with Gasteiger partial charge in [-0.1, -0.05) is 12.1 Å². The summed E-state index contributed by atoms with van der Waals surface area (Å²) in [5, 5.41) is 9.42. The van der Waals surface area contributed by atoms with E-state index < -0.39 is 0 Å². The van der Waals surface area contributed by atoms with E-state index in [4.69, 9.17) is 5.73 Å². The molecule has 1 aliphatic rings. The van der Waals surface area contributed by atoms with Crippen molar-refractivity contribution in [3.63, 3.8) is 0 Å². The number of hydrogen-bond donors (Lipinski definition) is 2. The van der Waals surface area contributed by atoms with Crippen LogP contribution >= 0.6 is 0 Å². The van der Waals surface area contributed by atoms with Gasteiger partial charge < -0.3 is 10.8 Å². The fourth-order valence-corrected chi connectivity index (χ4v) is 1.99. The number of rotatable bonds is 2. The average Bonchev–Trinajstić information content (AvgIpc) is 2.19. The van der Waals surface area contributed by atoms with Gasteiger partial charge >= 0.3 is 0 Å². The first kappa shape index (κ1) is 9.28. The van der Waals surface area contributed by atoms with Gasteiger partial charge in [-0.3, -0.25) is 0 Å². The summed E-state index contributed by atoms with van der Waals surface area (Å²) in [5.41, 5.74) is 9.34. The van der Waals surface area contributed by atoms with E-state index in [9.17, 15) is 5.11 Å². The monoisotopic (exact) mass is 189 g/mol. The summed E-state index contributed by atoms with van der Waals surface area (Å²) in [6, 6.07) is 5.61. The van der Waals surface area contributed by atoms with Crippen LogP contribution in [-0.2, 0) is 6.42 Å². The highest BCUT2D eigenvalue weighted by Crippen LogP contribution is 2.30. The number of phenols is 1. The third-order valence-electron chi connectivity index (χ3n) is 2.66. The Morgan fingerprint density at radius 1 is 1.36 bits per heavy atom. The van der Waals surface area contributed by atoms with E-state index in [0.717, 1.165) is 19.3 Å². The molecule has 1 aromatic carbocycles. The van der Waals surface area contributed by atoms with E-state index in [-0.39, 0.29) is 0 Å². The van der Waals surface area contributed by atoms with Crippen molar-refractivity contribution in [3.05, 3.63) is 35.4 Å². The number of benzene rings is 1. The van der Waals surface area contributed by atoms with Crippen LogP contribution in [0.15, 0.2) is 24.3 Å². The number of allylic oxidation sites excluding steroid dienone is 1. The largest absolute Gasteiger partial charge is 0.508 e. The SMILES string of the molecule is NCCC1=CCCc2ccc(O)cc21. The lowest BCUT2D eigenvalue weighted by Crippen LogP contribution is -2.05. The maximum absolute atomic E-state index is 9.42. The molecule has 14 heavy (non-hydrogen) atoms. The standard InChI is InChI=1S/C12H15NO/c13-7-6-10-3-1-2-9-4-5-11(14)8-12(9)10/h3-5,8,14H,1-2,6-7,13H2. The molecule has 2 nitrogen and oxygen atoms in total. The van der Waals surface area contributed by atoms with Crippen molar-refractivity contribution in [2.24, 2.45) is 5.73 Å². The molecule has 0 aromatic heterocycles. The molecule has 0 unspecified atom stereocenters.